The molecule has 0 fully saturated rings. The minimum atomic E-state index is -0.375. The van der Waals surface area contributed by atoms with E-state index in [9.17, 15) is 9.59 Å². The van der Waals surface area contributed by atoms with Crippen LogP contribution in [0.2, 0.25) is 0 Å². The van der Waals surface area contributed by atoms with Crippen LogP contribution in [0.5, 0.6) is 5.75 Å². The average Bonchev–Trinajstić information content (AvgIpc) is 2.97. The smallest absolute Gasteiger partial charge is 0.302 e. The van der Waals surface area contributed by atoms with Gasteiger partial charge in [-0.3, -0.25) is 14.9 Å². The van der Waals surface area contributed by atoms with E-state index in [0.29, 0.717) is 22.5 Å². The van der Waals surface area contributed by atoms with Crippen LogP contribution in [0.1, 0.15) is 18.1 Å². The molecule has 26 heavy (non-hydrogen) atoms. The van der Waals surface area contributed by atoms with E-state index in [1.165, 1.54) is 6.92 Å². The van der Waals surface area contributed by atoms with Crippen molar-refractivity contribution in [3.05, 3.63) is 47.5 Å². The SMILES string of the molecule is CC(=O)Nc1ccc2nc(NC(=O)COc3cccc(C)c3C)oc2c1. The monoisotopic (exact) mass is 353 g/mol. The molecule has 0 aliphatic carbocycles. The van der Waals surface area contributed by atoms with Gasteiger partial charge in [0.25, 0.3) is 5.91 Å². The number of hydrogen-bond donors (Lipinski definition) is 2. The summed E-state index contributed by atoms with van der Waals surface area (Å²) >= 11 is 0. The Labute approximate surface area is 150 Å². The fourth-order valence-corrected chi connectivity index (χ4v) is 2.44. The first-order valence-electron chi connectivity index (χ1n) is 8.09. The molecule has 0 radical (unpaired) electrons. The maximum absolute atomic E-state index is 12.1. The van der Waals surface area contributed by atoms with Crippen molar-refractivity contribution in [2.45, 2.75) is 20.8 Å². The van der Waals surface area contributed by atoms with Gasteiger partial charge in [-0.2, -0.15) is 4.98 Å². The first-order valence-corrected chi connectivity index (χ1v) is 8.09. The van der Waals surface area contributed by atoms with Crippen molar-refractivity contribution in [3.63, 3.8) is 0 Å². The number of aryl methyl sites for hydroxylation is 1. The van der Waals surface area contributed by atoms with Gasteiger partial charge in [0.1, 0.15) is 11.3 Å². The Balaban J connectivity index is 1.65. The van der Waals surface area contributed by atoms with Gasteiger partial charge >= 0.3 is 6.01 Å². The Morgan fingerprint density at radius 1 is 1.15 bits per heavy atom. The van der Waals surface area contributed by atoms with E-state index < -0.39 is 0 Å². The molecule has 0 saturated carbocycles. The molecule has 2 aromatic carbocycles. The lowest BCUT2D eigenvalue weighted by Gasteiger charge is -2.09. The van der Waals surface area contributed by atoms with Gasteiger partial charge in [-0.25, -0.2) is 0 Å². The number of oxazole rings is 1. The van der Waals surface area contributed by atoms with Gasteiger partial charge < -0.3 is 14.5 Å². The highest BCUT2D eigenvalue weighted by atomic mass is 16.5. The molecule has 0 spiro atoms. The lowest BCUT2D eigenvalue weighted by molar-refractivity contribution is -0.118. The summed E-state index contributed by atoms with van der Waals surface area (Å²) in [6, 6.07) is 10.8. The number of nitrogens with one attached hydrogen (secondary N) is 2. The number of ether oxygens (including phenoxy) is 1. The minimum absolute atomic E-state index is 0.0783. The second kappa shape index (κ2) is 7.26. The van der Waals surface area contributed by atoms with Gasteiger partial charge in [0, 0.05) is 18.7 Å². The topological polar surface area (TPSA) is 93.5 Å². The molecule has 0 saturated heterocycles. The van der Waals surface area contributed by atoms with Gasteiger partial charge in [-0.1, -0.05) is 12.1 Å². The third-order valence-electron chi connectivity index (χ3n) is 3.87. The predicted octanol–water partition coefficient (Wildman–Crippen LogP) is 3.42. The first-order chi connectivity index (χ1) is 12.4. The van der Waals surface area contributed by atoms with Crippen molar-refractivity contribution in [2.75, 3.05) is 17.2 Å². The average molecular weight is 353 g/mol. The fourth-order valence-electron chi connectivity index (χ4n) is 2.44. The molecule has 2 amide bonds. The Morgan fingerprint density at radius 3 is 2.73 bits per heavy atom. The molecule has 3 aromatic rings. The highest BCUT2D eigenvalue weighted by Gasteiger charge is 2.12. The maximum Gasteiger partial charge on any atom is 0.302 e. The molecule has 1 heterocycles. The Bertz CT molecular complexity index is 978. The highest BCUT2D eigenvalue weighted by molar-refractivity contribution is 5.93. The highest BCUT2D eigenvalue weighted by Crippen LogP contribution is 2.23. The number of rotatable bonds is 5. The van der Waals surface area contributed by atoms with Crippen LogP contribution in [0.4, 0.5) is 11.7 Å². The van der Waals surface area contributed by atoms with Crippen LogP contribution in [0.15, 0.2) is 40.8 Å². The van der Waals surface area contributed by atoms with Gasteiger partial charge in [0.15, 0.2) is 12.2 Å². The summed E-state index contributed by atoms with van der Waals surface area (Å²) in [5.41, 5.74) is 3.72. The van der Waals surface area contributed by atoms with Crippen LogP contribution in [-0.4, -0.2) is 23.4 Å². The summed E-state index contributed by atoms with van der Waals surface area (Å²) < 4.78 is 11.1. The molecule has 2 N–H and O–H groups in total. The lowest BCUT2D eigenvalue weighted by Crippen LogP contribution is -2.20. The van der Waals surface area contributed by atoms with Crippen LogP contribution >= 0.6 is 0 Å². The van der Waals surface area contributed by atoms with Crippen molar-refractivity contribution >= 4 is 34.6 Å². The van der Waals surface area contributed by atoms with E-state index in [-0.39, 0.29) is 24.4 Å². The summed E-state index contributed by atoms with van der Waals surface area (Å²) in [6.07, 6.45) is 0. The third kappa shape index (κ3) is 4.00. The molecule has 3 rings (SSSR count). The zero-order valence-electron chi connectivity index (χ0n) is 14.8. The molecule has 1 aromatic heterocycles. The van der Waals surface area contributed by atoms with Crippen LogP contribution < -0.4 is 15.4 Å². The van der Waals surface area contributed by atoms with Crippen molar-refractivity contribution in [3.8, 4) is 5.75 Å². The second-order valence-corrected chi connectivity index (χ2v) is 5.92. The molecule has 0 aliphatic rings. The third-order valence-corrected chi connectivity index (χ3v) is 3.87. The molecular formula is C19H19N3O4. The van der Waals surface area contributed by atoms with Gasteiger partial charge in [-0.05, 0) is 43.2 Å². The maximum atomic E-state index is 12.1. The molecule has 0 unspecified atom stereocenters. The van der Waals surface area contributed by atoms with Crippen LogP contribution in [0, 0.1) is 13.8 Å². The quantitative estimate of drug-likeness (QED) is 0.733. The number of hydrogen-bond acceptors (Lipinski definition) is 5. The Kier molecular flexibility index (Phi) is 4.88. The van der Waals surface area contributed by atoms with Crippen molar-refractivity contribution in [1.82, 2.24) is 4.98 Å². The summed E-state index contributed by atoms with van der Waals surface area (Å²) in [7, 11) is 0. The van der Waals surface area contributed by atoms with E-state index in [0.717, 1.165) is 11.1 Å². The zero-order valence-corrected chi connectivity index (χ0v) is 14.8. The van der Waals surface area contributed by atoms with Crippen molar-refractivity contribution in [2.24, 2.45) is 0 Å². The molecule has 134 valence electrons. The molecule has 7 heteroatoms. The van der Waals surface area contributed by atoms with E-state index in [1.807, 2.05) is 32.0 Å². The molecule has 0 atom stereocenters. The number of carbonyl (C=O) groups is 2. The standard InChI is InChI=1S/C19H19N3O4/c1-11-5-4-6-16(12(11)2)25-10-18(24)22-19-21-15-8-7-14(20-13(3)23)9-17(15)26-19/h4-9H,10H2,1-3H3,(H,20,23)(H,21,22,24). The van der Waals surface area contributed by atoms with Gasteiger partial charge in [0.05, 0.1) is 0 Å². The normalized spacial score (nSPS) is 10.6. The van der Waals surface area contributed by atoms with Crippen molar-refractivity contribution < 1.29 is 18.7 Å². The molecular weight excluding hydrogens is 334 g/mol. The first kappa shape index (κ1) is 17.5. The number of amides is 2. The van der Waals surface area contributed by atoms with Gasteiger partial charge in [0.2, 0.25) is 5.91 Å². The van der Waals surface area contributed by atoms with E-state index in [4.69, 9.17) is 9.15 Å². The fraction of sp³-hybridized carbons (Fsp3) is 0.211. The van der Waals surface area contributed by atoms with Crippen LogP contribution in [0.25, 0.3) is 11.1 Å². The zero-order chi connectivity index (χ0) is 18.7. The minimum Gasteiger partial charge on any atom is -0.483 e. The summed E-state index contributed by atoms with van der Waals surface area (Å²) in [5, 5.41) is 5.23. The number of aromatic nitrogens is 1. The summed E-state index contributed by atoms with van der Waals surface area (Å²) in [5.74, 6) is 0.109. The second-order valence-electron chi connectivity index (χ2n) is 5.92. The number of benzene rings is 2. The van der Waals surface area contributed by atoms with Gasteiger partial charge in [-0.15, -0.1) is 0 Å². The predicted molar refractivity (Wildman–Crippen MR) is 98.4 cm³/mol. The Morgan fingerprint density at radius 2 is 1.96 bits per heavy atom. The molecule has 0 aliphatic heterocycles. The number of anilines is 2. The van der Waals surface area contributed by atoms with Crippen LogP contribution in [-0.2, 0) is 9.59 Å². The lowest BCUT2D eigenvalue weighted by atomic mass is 10.1. The van der Waals surface area contributed by atoms with Crippen LogP contribution in [0.3, 0.4) is 0 Å². The molecule has 7 nitrogen and oxygen atoms in total. The van der Waals surface area contributed by atoms with E-state index >= 15 is 0 Å². The summed E-state index contributed by atoms with van der Waals surface area (Å²) in [4.78, 5) is 27.4. The Hall–Kier alpha value is -3.35. The van der Waals surface area contributed by atoms with Crippen molar-refractivity contribution in [1.29, 1.82) is 0 Å². The summed E-state index contributed by atoms with van der Waals surface area (Å²) in [6.45, 7) is 5.19. The molecule has 0 bridgehead atoms. The number of fused-ring (bicyclic) bond motifs is 1. The van der Waals surface area contributed by atoms with E-state index in [1.54, 1.807) is 18.2 Å². The van der Waals surface area contributed by atoms with E-state index in [2.05, 4.69) is 15.6 Å². The number of carbonyl (C=O) groups excluding carboxylic acids is 2. The number of nitrogens with zero attached hydrogens (tertiary/aromatic N) is 1. The largest absolute Gasteiger partial charge is 0.483 e.